The van der Waals surface area contributed by atoms with E-state index in [0.717, 1.165) is 5.56 Å². The first-order valence-corrected chi connectivity index (χ1v) is 8.47. The normalized spacial score (nSPS) is 10.4. The van der Waals surface area contributed by atoms with Gasteiger partial charge in [0.2, 0.25) is 0 Å². The first-order chi connectivity index (χ1) is 12.5. The van der Waals surface area contributed by atoms with E-state index in [1.165, 1.54) is 7.11 Å². The van der Waals surface area contributed by atoms with Crippen LogP contribution in [-0.2, 0) is 6.54 Å². The molecule has 0 saturated carbocycles. The molecular weight excluding hydrogens is 375 g/mol. The second-order valence-electron chi connectivity index (χ2n) is 5.48. The molecule has 0 bridgehead atoms. The quantitative estimate of drug-likeness (QED) is 0.651. The summed E-state index contributed by atoms with van der Waals surface area (Å²) in [7, 11) is 1.52. The van der Waals surface area contributed by atoms with Crippen molar-refractivity contribution in [3.05, 3.63) is 70.5 Å². The largest absolute Gasteiger partial charge is 0.495 e. The number of urea groups is 1. The van der Waals surface area contributed by atoms with Gasteiger partial charge in [-0.1, -0.05) is 35.3 Å². The summed E-state index contributed by atoms with van der Waals surface area (Å²) in [6.45, 7) is 0.548. The highest BCUT2D eigenvalue weighted by Crippen LogP contribution is 2.27. The van der Waals surface area contributed by atoms with E-state index >= 15 is 0 Å². The van der Waals surface area contributed by atoms with E-state index in [4.69, 9.17) is 27.9 Å². The molecule has 1 aromatic heterocycles. The third-order valence-electron chi connectivity index (χ3n) is 3.53. The molecule has 3 aromatic rings. The number of aromatic nitrogens is 2. The number of amides is 2. The maximum Gasteiger partial charge on any atom is 0.323 e. The molecule has 0 spiro atoms. The Labute approximate surface area is 160 Å². The highest BCUT2D eigenvalue weighted by atomic mass is 35.5. The molecule has 3 rings (SSSR count). The van der Waals surface area contributed by atoms with Crippen LogP contribution < -0.4 is 15.4 Å². The number of benzene rings is 2. The van der Waals surface area contributed by atoms with Gasteiger partial charge in [0.25, 0.3) is 0 Å². The molecule has 0 unspecified atom stereocenters. The molecule has 1 heterocycles. The van der Waals surface area contributed by atoms with Crippen molar-refractivity contribution in [2.24, 2.45) is 0 Å². The Hall–Kier alpha value is -2.70. The van der Waals surface area contributed by atoms with Crippen molar-refractivity contribution < 1.29 is 9.53 Å². The van der Waals surface area contributed by atoms with Crippen LogP contribution in [0.1, 0.15) is 5.56 Å². The predicted octanol–water partition coefficient (Wildman–Crippen LogP) is 4.89. The van der Waals surface area contributed by atoms with E-state index in [0.29, 0.717) is 33.7 Å². The highest BCUT2D eigenvalue weighted by Gasteiger charge is 2.09. The van der Waals surface area contributed by atoms with Crippen molar-refractivity contribution in [1.29, 1.82) is 0 Å². The minimum absolute atomic E-state index is 0.423. The van der Waals surface area contributed by atoms with E-state index < -0.39 is 6.03 Å². The Morgan fingerprint density at radius 2 is 1.96 bits per heavy atom. The first kappa shape index (κ1) is 18.1. The standard InChI is InChI=1S/C18H16Cl2N4O2/c1-26-17-6-5-14(20)8-16(17)23-18(25)22-15-9-21-24(11-15)10-12-3-2-4-13(19)7-12/h2-9,11H,10H2,1H3,(H2,22,23,25). The van der Waals surface area contributed by atoms with E-state index in [-0.39, 0.29) is 0 Å². The smallest absolute Gasteiger partial charge is 0.323 e. The Bertz CT molecular complexity index is 927. The molecule has 26 heavy (non-hydrogen) atoms. The van der Waals surface area contributed by atoms with Crippen molar-refractivity contribution in [1.82, 2.24) is 9.78 Å². The average molecular weight is 391 g/mol. The highest BCUT2D eigenvalue weighted by molar-refractivity contribution is 6.31. The number of methoxy groups -OCH3 is 1. The number of rotatable bonds is 5. The van der Waals surface area contributed by atoms with Gasteiger partial charge in [0.05, 0.1) is 31.2 Å². The number of hydrogen-bond donors (Lipinski definition) is 2. The SMILES string of the molecule is COc1ccc(Cl)cc1NC(=O)Nc1cnn(Cc2cccc(Cl)c2)c1. The zero-order valence-electron chi connectivity index (χ0n) is 13.9. The van der Waals surface area contributed by atoms with Crippen LogP contribution in [0.15, 0.2) is 54.9 Å². The fourth-order valence-corrected chi connectivity index (χ4v) is 2.78. The van der Waals surface area contributed by atoms with E-state index in [9.17, 15) is 4.79 Å². The molecule has 6 nitrogen and oxygen atoms in total. The number of nitrogens with zero attached hydrogens (tertiary/aromatic N) is 2. The first-order valence-electron chi connectivity index (χ1n) is 7.72. The molecule has 0 saturated heterocycles. The number of hydrogen-bond acceptors (Lipinski definition) is 3. The van der Waals surface area contributed by atoms with Gasteiger partial charge in [0.15, 0.2) is 0 Å². The fraction of sp³-hybridized carbons (Fsp3) is 0.111. The summed E-state index contributed by atoms with van der Waals surface area (Å²) in [5.41, 5.74) is 2.05. The lowest BCUT2D eigenvalue weighted by Crippen LogP contribution is -2.19. The molecule has 0 atom stereocenters. The van der Waals surface area contributed by atoms with Crippen molar-refractivity contribution in [3.63, 3.8) is 0 Å². The van der Waals surface area contributed by atoms with Crippen molar-refractivity contribution in [3.8, 4) is 5.75 Å². The van der Waals surface area contributed by atoms with Gasteiger partial charge in [-0.2, -0.15) is 5.10 Å². The summed E-state index contributed by atoms with van der Waals surface area (Å²) in [6.07, 6.45) is 3.30. The molecule has 0 radical (unpaired) electrons. The van der Waals surface area contributed by atoms with Crippen LogP contribution in [0.25, 0.3) is 0 Å². The van der Waals surface area contributed by atoms with Crippen molar-refractivity contribution in [2.45, 2.75) is 6.54 Å². The molecule has 0 aliphatic rings. The van der Waals surface area contributed by atoms with E-state index in [2.05, 4.69) is 15.7 Å². The van der Waals surface area contributed by atoms with Gasteiger partial charge in [-0.15, -0.1) is 0 Å². The van der Waals surface area contributed by atoms with Crippen LogP contribution in [0, 0.1) is 0 Å². The molecular formula is C18H16Cl2N4O2. The number of carbonyl (C=O) groups excluding carboxylic acids is 1. The summed E-state index contributed by atoms with van der Waals surface area (Å²) in [5, 5.41) is 10.8. The Balaban J connectivity index is 1.64. The minimum atomic E-state index is -0.423. The third kappa shape index (κ3) is 4.68. The zero-order valence-corrected chi connectivity index (χ0v) is 15.4. The number of nitrogens with one attached hydrogen (secondary N) is 2. The van der Waals surface area contributed by atoms with Crippen LogP contribution >= 0.6 is 23.2 Å². The molecule has 2 amide bonds. The van der Waals surface area contributed by atoms with Crippen LogP contribution in [0.4, 0.5) is 16.2 Å². The van der Waals surface area contributed by atoms with E-state index in [1.54, 1.807) is 35.3 Å². The second-order valence-corrected chi connectivity index (χ2v) is 6.35. The molecule has 134 valence electrons. The Morgan fingerprint density at radius 1 is 1.15 bits per heavy atom. The molecule has 0 fully saturated rings. The number of carbonyl (C=O) groups is 1. The predicted molar refractivity (Wildman–Crippen MR) is 103 cm³/mol. The lowest BCUT2D eigenvalue weighted by molar-refractivity contribution is 0.262. The number of ether oxygens (including phenoxy) is 1. The summed E-state index contributed by atoms with van der Waals surface area (Å²) in [6, 6.07) is 12.1. The summed E-state index contributed by atoms with van der Waals surface area (Å²) in [4.78, 5) is 12.2. The van der Waals surface area contributed by atoms with E-state index in [1.807, 2.05) is 24.3 Å². The van der Waals surface area contributed by atoms with Gasteiger partial charge in [0.1, 0.15) is 5.75 Å². The molecule has 0 aliphatic heterocycles. The number of anilines is 2. The summed E-state index contributed by atoms with van der Waals surface area (Å²) < 4.78 is 6.91. The van der Waals surface area contributed by atoms with Gasteiger partial charge in [-0.3, -0.25) is 4.68 Å². The van der Waals surface area contributed by atoms with Gasteiger partial charge < -0.3 is 15.4 Å². The molecule has 2 aromatic carbocycles. The zero-order chi connectivity index (χ0) is 18.5. The van der Waals surface area contributed by atoms with Crippen LogP contribution in [0.3, 0.4) is 0 Å². The van der Waals surface area contributed by atoms with Gasteiger partial charge in [-0.25, -0.2) is 4.79 Å². The average Bonchev–Trinajstić information content (AvgIpc) is 3.01. The Morgan fingerprint density at radius 3 is 2.73 bits per heavy atom. The molecule has 8 heteroatoms. The topological polar surface area (TPSA) is 68.2 Å². The van der Waals surface area contributed by atoms with Gasteiger partial charge >= 0.3 is 6.03 Å². The third-order valence-corrected chi connectivity index (χ3v) is 4.00. The molecule has 2 N–H and O–H groups in total. The lowest BCUT2D eigenvalue weighted by Gasteiger charge is -2.10. The van der Waals surface area contributed by atoms with Gasteiger partial charge in [-0.05, 0) is 35.9 Å². The van der Waals surface area contributed by atoms with Gasteiger partial charge in [0, 0.05) is 16.2 Å². The van der Waals surface area contributed by atoms with Crippen molar-refractivity contribution in [2.75, 3.05) is 17.7 Å². The molecule has 0 aliphatic carbocycles. The van der Waals surface area contributed by atoms with Crippen LogP contribution in [0.5, 0.6) is 5.75 Å². The Kier molecular flexibility index (Phi) is 5.65. The maximum atomic E-state index is 12.2. The summed E-state index contributed by atoms with van der Waals surface area (Å²) in [5.74, 6) is 0.515. The number of halogens is 2. The van der Waals surface area contributed by atoms with Crippen LogP contribution in [-0.4, -0.2) is 22.9 Å². The lowest BCUT2D eigenvalue weighted by atomic mass is 10.2. The maximum absolute atomic E-state index is 12.2. The minimum Gasteiger partial charge on any atom is -0.495 e. The van der Waals surface area contributed by atoms with Crippen molar-refractivity contribution >= 4 is 40.6 Å². The second kappa shape index (κ2) is 8.12. The monoisotopic (exact) mass is 390 g/mol. The van der Waals surface area contributed by atoms with Crippen LogP contribution in [0.2, 0.25) is 10.0 Å². The summed E-state index contributed by atoms with van der Waals surface area (Å²) >= 11 is 11.9. The fourth-order valence-electron chi connectivity index (χ4n) is 2.40.